The number of aliphatic hydroxyl groups is 1. The van der Waals surface area contributed by atoms with Crippen LogP contribution in [0.15, 0.2) is 66.0 Å². The van der Waals surface area contributed by atoms with Gasteiger partial charge in [0.25, 0.3) is 0 Å². The molecule has 6 rings (SSSR count). The fraction of sp³-hybridized carbons (Fsp3) is 0.240. The number of aliphatic imine (C=N–C) groups is 1. The van der Waals surface area contributed by atoms with E-state index in [1.807, 2.05) is 42.1 Å². The van der Waals surface area contributed by atoms with E-state index in [9.17, 15) is 5.11 Å². The molecule has 0 spiro atoms. The van der Waals surface area contributed by atoms with Crippen LogP contribution in [-0.4, -0.2) is 44.4 Å². The van der Waals surface area contributed by atoms with Crippen molar-refractivity contribution < 1.29 is 5.11 Å². The monoisotopic (exact) mass is 424 g/mol. The highest BCUT2D eigenvalue weighted by Gasteiger charge is 2.39. The van der Waals surface area contributed by atoms with Crippen molar-refractivity contribution >= 4 is 29.1 Å². The quantitative estimate of drug-likeness (QED) is 0.506. The zero-order valence-electron chi connectivity index (χ0n) is 17.9. The molecule has 0 radical (unpaired) electrons. The van der Waals surface area contributed by atoms with Crippen LogP contribution in [0.3, 0.4) is 0 Å². The summed E-state index contributed by atoms with van der Waals surface area (Å²) in [5, 5.41) is 13.7. The average molecular weight is 425 g/mol. The standard InChI is InChI=1S/C25H24N6O/c1-2-25(32)15-31(16-25)21-7-5-20(6-8-21)28-23-24-27-9-10-30(24)14-22(29-23)17-3-4-18-12-26-13-19(18)11-17/h3-12,14,32H,2,13,15-16H2,1H3,(H,28,29). The topological polar surface area (TPSA) is 78.0 Å². The maximum atomic E-state index is 10.3. The average Bonchev–Trinajstić information content (AvgIpc) is 3.46. The number of nitrogens with zero attached hydrogens (tertiary/aromatic N) is 5. The molecule has 1 fully saturated rings. The second kappa shape index (κ2) is 7.17. The summed E-state index contributed by atoms with van der Waals surface area (Å²) < 4.78 is 1.99. The van der Waals surface area contributed by atoms with Crippen molar-refractivity contribution in [3.8, 4) is 11.3 Å². The summed E-state index contributed by atoms with van der Waals surface area (Å²) >= 11 is 0. The number of hydrogen-bond acceptors (Lipinski definition) is 6. The van der Waals surface area contributed by atoms with Crippen molar-refractivity contribution in [3.63, 3.8) is 0 Å². The number of anilines is 3. The molecule has 0 unspecified atom stereocenters. The van der Waals surface area contributed by atoms with Gasteiger partial charge in [-0.15, -0.1) is 0 Å². The van der Waals surface area contributed by atoms with E-state index in [2.05, 4.69) is 50.5 Å². The Morgan fingerprint density at radius 2 is 1.97 bits per heavy atom. The van der Waals surface area contributed by atoms with Crippen molar-refractivity contribution in [2.45, 2.75) is 25.5 Å². The number of β-amino-alcohol motifs (C(OH)–C–C–N with tert-alkyl or cyclic N) is 1. The number of imidazole rings is 1. The van der Waals surface area contributed by atoms with Gasteiger partial charge in [0, 0.05) is 54.8 Å². The van der Waals surface area contributed by atoms with Crippen LogP contribution in [0, 0.1) is 0 Å². The molecular weight excluding hydrogens is 400 g/mol. The largest absolute Gasteiger partial charge is 0.386 e. The molecule has 7 nitrogen and oxygen atoms in total. The number of benzene rings is 2. The minimum atomic E-state index is -0.544. The summed E-state index contributed by atoms with van der Waals surface area (Å²) in [7, 11) is 0. The molecule has 4 heterocycles. The first kappa shape index (κ1) is 19.0. The van der Waals surface area contributed by atoms with Gasteiger partial charge in [0.2, 0.25) is 0 Å². The molecule has 2 aromatic carbocycles. The molecule has 32 heavy (non-hydrogen) atoms. The predicted molar refractivity (Wildman–Crippen MR) is 127 cm³/mol. The van der Waals surface area contributed by atoms with Crippen molar-refractivity contribution in [1.82, 2.24) is 14.4 Å². The molecule has 1 saturated heterocycles. The molecule has 0 atom stereocenters. The molecule has 2 aromatic heterocycles. The van der Waals surface area contributed by atoms with Crippen molar-refractivity contribution in [2.75, 3.05) is 23.3 Å². The molecule has 2 N–H and O–H groups in total. The van der Waals surface area contributed by atoms with Gasteiger partial charge in [-0.2, -0.15) is 0 Å². The van der Waals surface area contributed by atoms with Gasteiger partial charge in [-0.25, -0.2) is 9.97 Å². The van der Waals surface area contributed by atoms with Crippen LogP contribution in [0.4, 0.5) is 17.2 Å². The first-order valence-electron chi connectivity index (χ1n) is 10.9. The molecule has 160 valence electrons. The van der Waals surface area contributed by atoms with E-state index in [1.165, 1.54) is 11.1 Å². The summed E-state index contributed by atoms with van der Waals surface area (Å²) in [6, 6.07) is 14.6. The van der Waals surface area contributed by atoms with Gasteiger partial charge in [0.1, 0.15) is 0 Å². The number of aromatic nitrogens is 3. The summed E-state index contributed by atoms with van der Waals surface area (Å²) in [6.07, 6.45) is 8.43. The van der Waals surface area contributed by atoms with E-state index < -0.39 is 5.60 Å². The van der Waals surface area contributed by atoms with E-state index in [0.717, 1.165) is 41.2 Å². The third-order valence-electron chi connectivity index (χ3n) is 6.43. The van der Waals surface area contributed by atoms with Crippen LogP contribution < -0.4 is 10.2 Å². The Morgan fingerprint density at radius 1 is 1.12 bits per heavy atom. The first-order chi connectivity index (χ1) is 15.6. The summed E-state index contributed by atoms with van der Waals surface area (Å²) in [4.78, 5) is 15.9. The van der Waals surface area contributed by atoms with Crippen LogP contribution in [0.25, 0.3) is 16.9 Å². The molecule has 0 saturated carbocycles. The molecule has 2 aliphatic rings. The number of hydrogen-bond donors (Lipinski definition) is 2. The Bertz CT molecular complexity index is 1330. The predicted octanol–water partition coefficient (Wildman–Crippen LogP) is 4.03. The summed E-state index contributed by atoms with van der Waals surface area (Å²) in [5.74, 6) is 0.710. The molecular formula is C25H24N6O. The maximum Gasteiger partial charge on any atom is 0.180 e. The van der Waals surface area contributed by atoms with Gasteiger partial charge >= 0.3 is 0 Å². The third kappa shape index (κ3) is 3.22. The highest BCUT2D eigenvalue weighted by atomic mass is 16.3. The second-order valence-electron chi connectivity index (χ2n) is 8.62. The van der Waals surface area contributed by atoms with E-state index in [-0.39, 0.29) is 0 Å². The van der Waals surface area contributed by atoms with Crippen molar-refractivity contribution in [1.29, 1.82) is 0 Å². The zero-order chi connectivity index (χ0) is 21.7. The van der Waals surface area contributed by atoms with Crippen LogP contribution in [-0.2, 0) is 6.54 Å². The minimum Gasteiger partial charge on any atom is -0.386 e. The highest BCUT2D eigenvalue weighted by molar-refractivity contribution is 5.86. The summed E-state index contributed by atoms with van der Waals surface area (Å²) in [5.41, 5.74) is 6.62. The Morgan fingerprint density at radius 3 is 2.78 bits per heavy atom. The number of rotatable bonds is 5. The van der Waals surface area contributed by atoms with E-state index in [4.69, 9.17) is 4.98 Å². The van der Waals surface area contributed by atoms with Crippen molar-refractivity contribution in [3.05, 3.63) is 72.2 Å². The van der Waals surface area contributed by atoms with E-state index >= 15 is 0 Å². The Labute approximate surface area is 186 Å². The lowest BCUT2D eigenvalue weighted by Crippen LogP contribution is -2.61. The third-order valence-corrected chi connectivity index (χ3v) is 6.43. The Hall–Kier alpha value is -3.71. The lowest BCUT2D eigenvalue weighted by atomic mass is 9.91. The lowest BCUT2D eigenvalue weighted by molar-refractivity contribution is 0.00853. The van der Waals surface area contributed by atoms with Gasteiger partial charge in [0.05, 0.1) is 17.8 Å². The van der Waals surface area contributed by atoms with Gasteiger partial charge in [-0.05, 0) is 47.9 Å². The number of nitrogens with one attached hydrogen (secondary N) is 1. The molecule has 7 heteroatoms. The van der Waals surface area contributed by atoms with E-state index in [1.54, 1.807) is 6.20 Å². The van der Waals surface area contributed by atoms with Gasteiger partial charge in [0.15, 0.2) is 11.5 Å². The van der Waals surface area contributed by atoms with E-state index in [0.29, 0.717) is 18.9 Å². The molecule has 0 aliphatic carbocycles. The second-order valence-corrected chi connectivity index (χ2v) is 8.62. The fourth-order valence-corrected chi connectivity index (χ4v) is 4.39. The highest BCUT2D eigenvalue weighted by Crippen LogP contribution is 2.32. The molecule has 2 aliphatic heterocycles. The SMILES string of the molecule is CCC1(O)CN(c2ccc(Nc3nc(-c4ccc5c(c4)CN=C5)cn4ccnc34)cc2)C1. The number of fused-ring (bicyclic) bond motifs is 2. The molecule has 0 bridgehead atoms. The smallest absolute Gasteiger partial charge is 0.180 e. The first-order valence-corrected chi connectivity index (χ1v) is 10.9. The van der Waals surface area contributed by atoms with Gasteiger partial charge < -0.3 is 19.7 Å². The fourth-order valence-electron chi connectivity index (χ4n) is 4.39. The van der Waals surface area contributed by atoms with Crippen LogP contribution in [0.2, 0.25) is 0 Å². The summed E-state index contributed by atoms with van der Waals surface area (Å²) in [6.45, 7) is 4.11. The molecule has 0 amide bonds. The Balaban J connectivity index is 1.28. The Kier molecular flexibility index (Phi) is 4.26. The van der Waals surface area contributed by atoms with Gasteiger partial charge in [-0.1, -0.05) is 19.1 Å². The van der Waals surface area contributed by atoms with Crippen LogP contribution in [0.1, 0.15) is 24.5 Å². The lowest BCUT2D eigenvalue weighted by Gasteiger charge is -2.47. The molecule has 4 aromatic rings. The minimum absolute atomic E-state index is 0.544. The normalized spacial score (nSPS) is 16.2. The van der Waals surface area contributed by atoms with Crippen LogP contribution in [0.5, 0.6) is 0 Å². The maximum absolute atomic E-state index is 10.3. The van der Waals surface area contributed by atoms with Crippen molar-refractivity contribution in [2.24, 2.45) is 4.99 Å². The van der Waals surface area contributed by atoms with Gasteiger partial charge in [-0.3, -0.25) is 4.99 Å². The van der Waals surface area contributed by atoms with Crippen LogP contribution >= 0.6 is 0 Å². The zero-order valence-corrected chi connectivity index (χ0v) is 17.9.